The minimum Gasteiger partial charge on any atom is -0.284 e. The molecule has 0 aromatic heterocycles. The van der Waals surface area contributed by atoms with Crippen LogP contribution in [-0.2, 0) is 18.1 Å². The van der Waals surface area contributed by atoms with Crippen LogP contribution in [-0.4, -0.2) is 12.2 Å². The topological polar surface area (TPSA) is 44.8 Å². The molecule has 26 heavy (non-hydrogen) atoms. The van der Waals surface area contributed by atoms with Gasteiger partial charge in [0.05, 0.1) is 12.2 Å². The van der Waals surface area contributed by atoms with Crippen molar-refractivity contribution in [3.8, 4) is 0 Å². The van der Waals surface area contributed by atoms with Gasteiger partial charge in [-0.25, -0.2) is 4.57 Å². The van der Waals surface area contributed by atoms with Gasteiger partial charge in [-0.15, -0.1) is 0 Å². The zero-order valence-electron chi connectivity index (χ0n) is 15.7. The highest BCUT2D eigenvalue weighted by Crippen LogP contribution is 2.55. The first-order chi connectivity index (χ1) is 12.4. The van der Waals surface area contributed by atoms with Crippen molar-refractivity contribution < 1.29 is 18.1 Å². The van der Waals surface area contributed by atoms with Crippen LogP contribution in [0.4, 0.5) is 0 Å². The summed E-state index contributed by atoms with van der Waals surface area (Å²) in [5, 5.41) is 0. The Kier molecular flexibility index (Phi) is 7.80. The smallest absolute Gasteiger partial charge is 0.284 e. The molecule has 1 unspecified atom stereocenters. The summed E-state index contributed by atoms with van der Waals surface area (Å²) in [5.74, 6) is 0. The molecule has 5 heteroatoms. The molecule has 0 N–H and O–H groups in total. The van der Waals surface area contributed by atoms with E-state index < -0.39 is 13.9 Å². The van der Waals surface area contributed by atoms with Crippen LogP contribution in [0.25, 0.3) is 6.08 Å². The number of benzene rings is 2. The third-order valence-corrected chi connectivity index (χ3v) is 5.16. The molecule has 0 fully saturated rings. The fourth-order valence-corrected chi connectivity index (χ4v) is 3.99. The molecule has 0 saturated heterocycles. The van der Waals surface area contributed by atoms with Crippen LogP contribution in [0.1, 0.15) is 44.9 Å². The van der Waals surface area contributed by atoms with Gasteiger partial charge in [0, 0.05) is 0 Å². The first-order valence-corrected chi connectivity index (χ1v) is 10.3. The molecule has 0 aliphatic heterocycles. The highest BCUT2D eigenvalue weighted by atomic mass is 31.2. The minimum absolute atomic E-state index is 0.283. The van der Waals surface area contributed by atoms with Gasteiger partial charge >= 0.3 is 7.82 Å². The van der Waals surface area contributed by atoms with Crippen LogP contribution in [0.3, 0.4) is 0 Å². The van der Waals surface area contributed by atoms with Gasteiger partial charge in [0.1, 0.15) is 6.10 Å². The lowest BCUT2D eigenvalue weighted by Gasteiger charge is -2.25. The quantitative estimate of drug-likeness (QED) is 0.475. The Balaban J connectivity index is 2.30. The van der Waals surface area contributed by atoms with E-state index in [9.17, 15) is 4.57 Å². The van der Waals surface area contributed by atoms with Gasteiger partial charge in [0.25, 0.3) is 0 Å². The molecular formula is C21H27O4P. The van der Waals surface area contributed by atoms with Crippen molar-refractivity contribution in [3.63, 3.8) is 0 Å². The van der Waals surface area contributed by atoms with Crippen LogP contribution in [0.5, 0.6) is 0 Å². The van der Waals surface area contributed by atoms with Crippen molar-refractivity contribution >= 4 is 13.9 Å². The van der Waals surface area contributed by atoms with E-state index in [1.54, 1.807) is 27.7 Å². The minimum atomic E-state index is -3.73. The summed E-state index contributed by atoms with van der Waals surface area (Å²) in [6, 6.07) is 19.5. The van der Waals surface area contributed by atoms with Crippen LogP contribution < -0.4 is 0 Å². The predicted octanol–water partition coefficient (Wildman–Crippen LogP) is 6.42. The SMILES string of the molecule is CC(C)OP(=O)(OC(C)C)OC(/C=C/c1ccccc1)c1ccccc1. The van der Waals surface area contributed by atoms with Crippen molar-refractivity contribution in [2.45, 2.75) is 46.0 Å². The standard InChI is InChI=1S/C21H27O4P/c1-17(2)23-26(22,24-18(3)4)25-21(20-13-9-6-10-14-20)16-15-19-11-7-5-8-12-19/h5-18,21H,1-4H3/b16-15+. The van der Waals surface area contributed by atoms with Gasteiger partial charge in [-0.2, -0.15) is 0 Å². The molecule has 0 aliphatic rings. The van der Waals surface area contributed by atoms with Gasteiger partial charge < -0.3 is 0 Å². The molecule has 0 spiro atoms. The first kappa shape index (κ1) is 20.6. The first-order valence-electron chi connectivity index (χ1n) is 8.81. The Morgan fingerprint density at radius 3 is 1.77 bits per heavy atom. The van der Waals surface area contributed by atoms with Gasteiger partial charge in [-0.05, 0) is 38.8 Å². The molecule has 2 aromatic rings. The van der Waals surface area contributed by atoms with E-state index in [0.29, 0.717) is 0 Å². The largest absolute Gasteiger partial charge is 0.476 e. The molecule has 4 nitrogen and oxygen atoms in total. The normalized spacial score (nSPS) is 13.6. The average Bonchev–Trinajstić information content (AvgIpc) is 2.59. The molecular weight excluding hydrogens is 347 g/mol. The number of phosphoric acid groups is 1. The van der Waals surface area contributed by atoms with E-state index in [1.165, 1.54) is 0 Å². The number of phosphoric ester groups is 1. The maximum Gasteiger partial charge on any atom is 0.476 e. The van der Waals surface area contributed by atoms with E-state index >= 15 is 0 Å². The third-order valence-electron chi connectivity index (χ3n) is 3.31. The van der Waals surface area contributed by atoms with Crippen LogP contribution in [0.15, 0.2) is 66.7 Å². The molecule has 2 rings (SSSR count). The Hall–Kier alpha value is -1.71. The third kappa shape index (κ3) is 6.89. The van der Waals surface area contributed by atoms with Crippen LogP contribution in [0, 0.1) is 0 Å². The van der Waals surface area contributed by atoms with Gasteiger partial charge in [-0.3, -0.25) is 13.6 Å². The average molecular weight is 374 g/mol. The second-order valence-corrected chi connectivity index (χ2v) is 7.99. The number of hydrogen-bond donors (Lipinski definition) is 0. The van der Waals surface area contributed by atoms with Crippen molar-refractivity contribution in [2.24, 2.45) is 0 Å². The monoisotopic (exact) mass is 374 g/mol. The van der Waals surface area contributed by atoms with Crippen molar-refractivity contribution in [1.82, 2.24) is 0 Å². The predicted molar refractivity (Wildman–Crippen MR) is 106 cm³/mol. The molecule has 0 aliphatic carbocycles. The molecule has 2 aromatic carbocycles. The lowest BCUT2D eigenvalue weighted by molar-refractivity contribution is 0.0581. The summed E-state index contributed by atoms with van der Waals surface area (Å²) in [4.78, 5) is 0. The molecule has 1 atom stereocenters. The van der Waals surface area contributed by atoms with Crippen molar-refractivity contribution in [1.29, 1.82) is 0 Å². The Morgan fingerprint density at radius 1 is 0.769 bits per heavy atom. The molecule has 0 saturated carbocycles. The second-order valence-electron chi connectivity index (χ2n) is 6.46. The maximum atomic E-state index is 13.1. The molecule has 0 amide bonds. The summed E-state index contributed by atoms with van der Waals surface area (Å²) >= 11 is 0. The van der Waals surface area contributed by atoms with Gasteiger partial charge in [0.2, 0.25) is 0 Å². The zero-order valence-corrected chi connectivity index (χ0v) is 16.6. The summed E-state index contributed by atoms with van der Waals surface area (Å²) < 4.78 is 30.1. The maximum absolute atomic E-state index is 13.1. The van der Waals surface area contributed by atoms with E-state index in [1.807, 2.05) is 72.8 Å². The van der Waals surface area contributed by atoms with E-state index in [4.69, 9.17) is 13.6 Å². The Bertz CT molecular complexity index is 712. The lowest BCUT2D eigenvalue weighted by atomic mass is 10.1. The summed E-state index contributed by atoms with van der Waals surface area (Å²) in [7, 11) is -3.73. The lowest BCUT2D eigenvalue weighted by Crippen LogP contribution is -2.12. The van der Waals surface area contributed by atoms with Gasteiger partial charge in [-0.1, -0.05) is 72.8 Å². The van der Waals surface area contributed by atoms with E-state index in [0.717, 1.165) is 11.1 Å². The summed E-state index contributed by atoms with van der Waals surface area (Å²) in [5.41, 5.74) is 1.90. The molecule has 0 radical (unpaired) electrons. The highest BCUT2D eigenvalue weighted by Gasteiger charge is 2.33. The fraction of sp³-hybridized carbons (Fsp3) is 0.333. The Morgan fingerprint density at radius 2 is 1.27 bits per heavy atom. The zero-order chi connectivity index (χ0) is 19.0. The second kappa shape index (κ2) is 9.84. The van der Waals surface area contributed by atoms with Crippen molar-refractivity contribution in [3.05, 3.63) is 77.9 Å². The van der Waals surface area contributed by atoms with E-state index in [2.05, 4.69) is 0 Å². The Labute approximate surface area is 156 Å². The van der Waals surface area contributed by atoms with Crippen LogP contribution >= 0.6 is 7.82 Å². The number of rotatable bonds is 9. The highest BCUT2D eigenvalue weighted by molar-refractivity contribution is 7.48. The fourth-order valence-electron chi connectivity index (χ4n) is 2.34. The van der Waals surface area contributed by atoms with E-state index in [-0.39, 0.29) is 12.2 Å². The number of hydrogen-bond acceptors (Lipinski definition) is 4. The van der Waals surface area contributed by atoms with Gasteiger partial charge in [0.15, 0.2) is 0 Å². The van der Waals surface area contributed by atoms with Crippen LogP contribution in [0.2, 0.25) is 0 Å². The van der Waals surface area contributed by atoms with Crippen molar-refractivity contribution in [2.75, 3.05) is 0 Å². The molecule has 0 heterocycles. The molecule has 140 valence electrons. The summed E-state index contributed by atoms with van der Waals surface area (Å²) in [6.45, 7) is 7.21. The molecule has 0 bridgehead atoms. The summed E-state index contributed by atoms with van der Waals surface area (Å²) in [6.07, 6.45) is 2.68.